The highest BCUT2D eigenvalue weighted by atomic mass is 35.5. The Kier molecular flexibility index (Phi) is 4.90. The fourth-order valence-corrected chi connectivity index (χ4v) is 2.10. The first-order valence-electron chi connectivity index (χ1n) is 6.97. The highest BCUT2D eigenvalue weighted by Gasteiger charge is 2.09. The Morgan fingerprint density at radius 1 is 1.08 bits per heavy atom. The van der Waals surface area contributed by atoms with Crippen LogP contribution in [0.4, 0.5) is 14.5 Å². The molecule has 0 spiro atoms. The molecule has 8 heteroatoms. The van der Waals surface area contributed by atoms with Crippen LogP contribution in [0.1, 0.15) is 5.89 Å². The van der Waals surface area contributed by atoms with E-state index in [1.165, 1.54) is 12.1 Å². The number of hydrogen-bond donors (Lipinski definition) is 1. The van der Waals surface area contributed by atoms with Crippen molar-refractivity contribution in [1.82, 2.24) is 10.1 Å². The maximum absolute atomic E-state index is 12.1. The van der Waals surface area contributed by atoms with Crippen molar-refractivity contribution in [2.75, 3.05) is 5.32 Å². The molecule has 24 heavy (non-hydrogen) atoms. The van der Waals surface area contributed by atoms with Crippen molar-refractivity contribution >= 4 is 17.3 Å². The Labute approximate surface area is 141 Å². The molecule has 1 aromatic heterocycles. The summed E-state index contributed by atoms with van der Waals surface area (Å²) in [6.45, 7) is -2.54. The van der Waals surface area contributed by atoms with Crippen LogP contribution in [-0.2, 0) is 6.54 Å². The number of benzene rings is 2. The Hall–Kier alpha value is -2.67. The zero-order chi connectivity index (χ0) is 16.9. The highest BCUT2D eigenvalue weighted by molar-refractivity contribution is 6.30. The summed E-state index contributed by atoms with van der Waals surface area (Å²) in [6, 6.07) is 13.2. The van der Waals surface area contributed by atoms with Crippen LogP contribution in [0.25, 0.3) is 11.4 Å². The lowest BCUT2D eigenvalue weighted by Gasteiger charge is -2.06. The van der Waals surface area contributed by atoms with Crippen molar-refractivity contribution < 1.29 is 18.0 Å². The van der Waals surface area contributed by atoms with Gasteiger partial charge >= 0.3 is 6.61 Å². The van der Waals surface area contributed by atoms with Gasteiger partial charge in [-0.2, -0.15) is 13.8 Å². The van der Waals surface area contributed by atoms with Crippen LogP contribution in [0.15, 0.2) is 53.1 Å². The summed E-state index contributed by atoms with van der Waals surface area (Å²) in [7, 11) is 0. The molecule has 1 heterocycles. The quantitative estimate of drug-likeness (QED) is 0.703. The smallest absolute Gasteiger partial charge is 0.387 e. The lowest BCUT2D eigenvalue weighted by atomic mass is 10.2. The molecule has 5 nitrogen and oxygen atoms in total. The minimum Gasteiger partial charge on any atom is -0.435 e. The van der Waals surface area contributed by atoms with Gasteiger partial charge < -0.3 is 14.6 Å². The van der Waals surface area contributed by atoms with E-state index < -0.39 is 6.61 Å². The summed E-state index contributed by atoms with van der Waals surface area (Å²) in [5.74, 6) is 0.954. The molecule has 0 aliphatic carbocycles. The van der Waals surface area contributed by atoms with Crippen molar-refractivity contribution in [3.05, 3.63) is 59.4 Å². The Bertz CT molecular complexity index is 792. The third kappa shape index (κ3) is 4.20. The van der Waals surface area contributed by atoms with Crippen molar-refractivity contribution in [1.29, 1.82) is 0 Å². The largest absolute Gasteiger partial charge is 0.435 e. The van der Waals surface area contributed by atoms with Crippen LogP contribution in [0.2, 0.25) is 5.02 Å². The molecule has 0 radical (unpaired) electrons. The SMILES string of the molecule is FC(F)Oc1ccc(NCc2nc(-c3ccc(Cl)cc3)no2)cc1. The van der Waals surface area contributed by atoms with E-state index in [0.29, 0.717) is 29.0 Å². The maximum Gasteiger partial charge on any atom is 0.387 e. The normalized spacial score (nSPS) is 10.8. The molecule has 0 atom stereocenters. The molecule has 1 N–H and O–H groups in total. The van der Waals surface area contributed by atoms with Crippen LogP contribution < -0.4 is 10.1 Å². The van der Waals surface area contributed by atoms with Crippen LogP contribution in [0, 0.1) is 0 Å². The van der Waals surface area contributed by atoms with E-state index >= 15 is 0 Å². The third-order valence-electron chi connectivity index (χ3n) is 3.09. The first-order valence-corrected chi connectivity index (χ1v) is 7.35. The fraction of sp³-hybridized carbons (Fsp3) is 0.125. The van der Waals surface area contributed by atoms with Gasteiger partial charge in [-0.15, -0.1) is 0 Å². The monoisotopic (exact) mass is 351 g/mol. The van der Waals surface area contributed by atoms with E-state index in [1.807, 2.05) is 0 Å². The number of halogens is 3. The van der Waals surface area contributed by atoms with E-state index in [1.54, 1.807) is 36.4 Å². The number of nitrogens with zero attached hydrogens (tertiary/aromatic N) is 2. The number of alkyl halides is 2. The lowest BCUT2D eigenvalue weighted by Crippen LogP contribution is -2.02. The predicted octanol–water partition coefficient (Wildman–Crippen LogP) is 4.60. The molecule has 3 rings (SSSR count). The third-order valence-corrected chi connectivity index (χ3v) is 3.35. The number of aromatic nitrogens is 2. The summed E-state index contributed by atoms with van der Waals surface area (Å²) in [6.07, 6.45) is 0. The molecule has 0 saturated heterocycles. The zero-order valence-electron chi connectivity index (χ0n) is 12.2. The van der Waals surface area contributed by atoms with Crippen molar-refractivity contribution in [3.63, 3.8) is 0 Å². The number of ether oxygens (including phenoxy) is 1. The van der Waals surface area contributed by atoms with Crippen LogP contribution in [0.3, 0.4) is 0 Å². The summed E-state index contributed by atoms with van der Waals surface area (Å²) < 4.78 is 33.6. The summed E-state index contributed by atoms with van der Waals surface area (Å²) >= 11 is 5.84. The average Bonchev–Trinajstić information content (AvgIpc) is 3.03. The predicted molar refractivity (Wildman–Crippen MR) is 85.1 cm³/mol. The van der Waals surface area contributed by atoms with Crippen molar-refractivity contribution in [2.24, 2.45) is 0 Å². The fourth-order valence-electron chi connectivity index (χ4n) is 1.97. The standard InChI is InChI=1S/C16H12ClF2N3O2/c17-11-3-1-10(2-4-11)15-21-14(24-22-15)9-20-12-5-7-13(8-6-12)23-16(18)19/h1-8,16,20H,9H2. The minimum absolute atomic E-state index is 0.0957. The van der Waals surface area contributed by atoms with Gasteiger partial charge in [-0.05, 0) is 48.5 Å². The van der Waals surface area contributed by atoms with Crippen LogP contribution in [-0.4, -0.2) is 16.8 Å². The molecule has 0 aliphatic heterocycles. The highest BCUT2D eigenvalue weighted by Crippen LogP contribution is 2.20. The van der Waals surface area contributed by atoms with Gasteiger partial charge in [0.15, 0.2) is 0 Å². The van der Waals surface area contributed by atoms with Gasteiger partial charge in [0.2, 0.25) is 11.7 Å². The molecule has 124 valence electrons. The van der Waals surface area contributed by atoms with E-state index in [2.05, 4.69) is 20.2 Å². The first kappa shape index (κ1) is 16.2. The number of hydrogen-bond acceptors (Lipinski definition) is 5. The average molecular weight is 352 g/mol. The molecule has 0 unspecified atom stereocenters. The molecule has 0 saturated carbocycles. The van der Waals surface area contributed by atoms with Gasteiger partial charge in [0.25, 0.3) is 0 Å². The minimum atomic E-state index is -2.84. The zero-order valence-corrected chi connectivity index (χ0v) is 13.0. The summed E-state index contributed by atoms with van der Waals surface area (Å²) in [5.41, 5.74) is 1.51. The van der Waals surface area contributed by atoms with Crippen molar-refractivity contribution in [3.8, 4) is 17.1 Å². The van der Waals surface area contributed by atoms with Gasteiger partial charge in [-0.25, -0.2) is 0 Å². The van der Waals surface area contributed by atoms with Gasteiger partial charge in [-0.1, -0.05) is 16.8 Å². The Balaban J connectivity index is 1.60. The number of nitrogens with one attached hydrogen (secondary N) is 1. The molecule has 0 amide bonds. The van der Waals surface area contributed by atoms with Gasteiger partial charge in [0.05, 0.1) is 6.54 Å². The Morgan fingerprint density at radius 3 is 2.46 bits per heavy atom. The lowest BCUT2D eigenvalue weighted by molar-refractivity contribution is -0.0498. The topological polar surface area (TPSA) is 60.2 Å². The second-order valence-electron chi connectivity index (χ2n) is 4.78. The molecule has 0 aliphatic rings. The number of anilines is 1. The van der Waals surface area contributed by atoms with E-state index in [4.69, 9.17) is 16.1 Å². The van der Waals surface area contributed by atoms with Crippen molar-refractivity contribution in [2.45, 2.75) is 13.2 Å². The molecular weight excluding hydrogens is 340 g/mol. The molecular formula is C16H12ClF2N3O2. The molecule has 0 bridgehead atoms. The van der Waals surface area contributed by atoms with Crippen LogP contribution >= 0.6 is 11.6 Å². The second kappa shape index (κ2) is 7.27. The van der Waals surface area contributed by atoms with Gasteiger partial charge in [0.1, 0.15) is 5.75 Å². The van der Waals surface area contributed by atoms with E-state index in [0.717, 1.165) is 5.56 Å². The molecule has 2 aromatic carbocycles. The maximum atomic E-state index is 12.1. The Morgan fingerprint density at radius 2 is 1.79 bits per heavy atom. The molecule has 0 fully saturated rings. The summed E-state index contributed by atoms with van der Waals surface area (Å²) in [5, 5.41) is 7.59. The second-order valence-corrected chi connectivity index (χ2v) is 5.21. The van der Waals surface area contributed by atoms with E-state index in [9.17, 15) is 8.78 Å². The first-order chi connectivity index (χ1) is 11.6. The van der Waals surface area contributed by atoms with E-state index in [-0.39, 0.29) is 5.75 Å². The van der Waals surface area contributed by atoms with Gasteiger partial charge in [0, 0.05) is 16.3 Å². The van der Waals surface area contributed by atoms with Gasteiger partial charge in [-0.3, -0.25) is 0 Å². The van der Waals surface area contributed by atoms with Crippen LogP contribution in [0.5, 0.6) is 5.75 Å². The number of rotatable bonds is 6. The summed E-state index contributed by atoms with van der Waals surface area (Å²) in [4.78, 5) is 4.27. The molecule has 3 aromatic rings.